The van der Waals surface area contributed by atoms with Crippen LogP contribution in [0.2, 0.25) is 0 Å². The van der Waals surface area contributed by atoms with Gasteiger partial charge in [-0.15, -0.1) is 0 Å². The monoisotopic (exact) mass is 255 g/mol. The Morgan fingerprint density at radius 3 is 2.11 bits per heavy atom. The predicted octanol–water partition coefficient (Wildman–Crippen LogP) is -0.660. The Kier molecular flexibility index (Phi) is 4.03. The quantitative estimate of drug-likeness (QED) is 0.722. The second kappa shape index (κ2) is 5.30. The van der Waals surface area contributed by atoms with Crippen molar-refractivity contribution in [2.75, 3.05) is 13.1 Å². The molecule has 0 aliphatic heterocycles. The van der Waals surface area contributed by atoms with E-state index in [0.29, 0.717) is 5.69 Å². The van der Waals surface area contributed by atoms with Crippen molar-refractivity contribution in [3.8, 4) is 0 Å². The zero-order valence-electron chi connectivity index (χ0n) is 9.95. The fraction of sp³-hybridized carbons (Fsp3) is 0.400. The Morgan fingerprint density at radius 1 is 1.28 bits per heavy atom. The Labute approximate surface area is 102 Å². The minimum Gasteiger partial charge on any atom is -0.480 e. The highest BCUT2D eigenvalue weighted by Gasteiger charge is 2.23. The molecule has 1 aromatic rings. The van der Waals surface area contributed by atoms with E-state index in [9.17, 15) is 14.4 Å². The molecule has 1 amide bonds. The molecule has 8 heteroatoms. The summed E-state index contributed by atoms with van der Waals surface area (Å²) in [5.74, 6) is -3.21. The van der Waals surface area contributed by atoms with Gasteiger partial charge in [-0.05, 0) is 6.92 Å². The van der Waals surface area contributed by atoms with Crippen molar-refractivity contribution in [1.82, 2.24) is 14.7 Å². The van der Waals surface area contributed by atoms with E-state index in [1.54, 1.807) is 14.0 Å². The lowest BCUT2D eigenvalue weighted by molar-refractivity contribution is -0.140. The Balaban J connectivity index is 2.97. The molecule has 0 saturated carbocycles. The highest BCUT2D eigenvalue weighted by Crippen LogP contribution is 2.09. The number of hydrogen-bond acceptors (Lipinski definition) is 4. The van der Waals surface area contributed by atoms with Gasteiger partial charge in [-0.3, -0.25) is 19.1 Å². The second-order valence-corrected chi connectivity index (χ2v) is 3.75. The maximum Gasteiger partial charge on any atom is 0.323 e. The summed E-state index contributed by atoms with van der Waals surface area (Å²) >= 11 is 0. The lowest BCUT2D eigenvalue weighted by Crippen LogP contribution is -2.39. The van der Waals surface area contributed by atoms with E-state index in [0.717, 1.165) is 4.90 Å². The zero-order chi connectivity index (χ0) is 13.9. The van der Waals surface area contributed by atoms with Crippen LogP contribution in [-0.2, 0) is 16.6 Å². The molecule has 0 aromatic carbocycles. The van der Waals surface area contributed by atoms with E-state index in [4.69, 9.17) is 10.2 Å². The smallest absolute Gasteiger partial charge is 0.323 e. The molecule has 18 heavy (non-hydrogen) atoms. The van der Waals surface area contributed by atoms with Gasteiger partial charge in [-0.1, -0.05) is 0 Å². The molecule has 8 nitrogen and oxygen atoms in total. The average molecular weight is 255 g/mol. The third-order valence-electron chi connectivity index (χ3n) is 2.18. The largest absolute Gasteiger partial charge is 0.480 e. The van der Waals surface area contributed by atoms with Crippen molar-refractivity contribution in [2.45, 2.75) is 6.92 Å². The highest BCUT2D eigenvalue weighted by molar-refractivity contribution is 5.98. The lowest BCUT2D eigenvalue weighted by Gasteiger charge is -2.17. The van der Waals surface area contributed by atoms with Gasteiger partial charge in [0.05, 0.1) is 11.3 Å². The molecular formula is C10H13N3O5. The van der Waals surface area contributed by atoms with Crippen LogP contribution in [0, 0.1) is 6.92 Å². The summed E-state index contributed by atoms with van der Waals surface area (Å²) in [6.45, 7) is 0.256. The Morgan fingerprint density at radius 2 is 1.78 bits per heavy atom. The SMILES string of the molecule is Cc1nn(C)cc1C(=O)N(CC(=O)O)CC(=O)O. The number of nitrogens with zero attached hydrogens (tertiary/aromatic N) is 3. The number of carboxylic acids is 2. The number of amides is 1. The average Bonchev–Trinajstić information content (AvgIpc) is 2.54. The van der Waals surface area contributed by atoms with E-state index in [1.807, 2.05) is 0 Å². The number of carbonyl (C=O) groups excluding carboxylic acids is 1. The molecule has 0 spiro atoms. The van der Waals surface area contributed by atoms with Crippen LogP contribution >= 0.6 is 0 Å². The van der Waals surface area contributed by atoms with E-state index in [1.165, 1.54) is 10.9 Å². The van der Waals surface area contributed by atoms with E-state index < -0.39 is 30.9 Å². The fourth-order valence-corrected chi connectivity index (χ4v) is 1.51. The standard InChI is InChI=1S/C10H13N3O5/c1-6-7(3-12(2)11-6)10(18)13(4-8(14)15)5-9(16)17/h3H,4-5H2,1-2H3,(H,14,15)(H,16,17). The van der Waals surface area contributed by atoms with Crippen molar-refractivity contribution in [2.24, 2.45) is 7.05 Å². The summed E-state index contributed by atoms with van der Waals surface area (Å²) in [5.41, 5.74) is 0.614. The van der Waals surface area contributed by atoms with Crippen LogP contribution in [0.15, 0.2) is 6.20 Å². The van der Waals surface area contributed by atoms with E-state index >= 15 is 0 Å². The summed E-state index contributed by atoms with van der Waals surface area (Å²) in [6.07, 6.45) is 1.42. The van der Waals surface area contributed by atoms with Crippen molar-refractivity contribution < 1.29 is 24.6 Å². The maximum absolute atomic E-state index is 12.0. The van der Waals surface area contributed by atoms with Gasteiger partial charge in [-0.25, -0.2) is 0 Å². The highest BCUT2D eigenvalue weighted by atomic mass is 16.4. The molecule has 0 saturated heterocycles. The maximum atomic E-state index is 12.0. The summed E-state index contributed by atoms with van der Waals surface area (Å²) in [6, 6.07) is 0. The molecule has 0 radical (unpaired) electrons. The van der Waals surface area contributed by atoms with Crippen LogP contribution in [0.4, 0.5) is 0 Å². The number of carboxylic acid groups (broad SMARTS) is 2. The molecule has 1 heterocycles. The molecule has 0 atom stereocenters. The normalized spacial score (nSPS) is 10.1. The number of aliphatic carboxylic acids is 2. The first-order chi connectivity index (χ1) is 8.31. The molecule has 0 aliphatic carbocycles. The van der Waals surface area contributed by atoms with Gasteiger partial charge < -0.3 is 15.1 Å². The van der Waals surface area contributed by atoms with Crippen LogP contribution in [-0.4, -0.2) is 55.8 Å². The third-order valence-corrected chi connectivity index (χ3v) is 2.18. The van der Waals surface area contributed by atoms with Gasteiger partial charge in [0, 0.05) is 13.2 Å². The molecule has 0 fully saturated rings. The van der Waals surface area contributed by atoms with E-state index in [2.05, 4.69) is 5.10 Å². The second-order valence-electron chi connectivity index (χ2n) is 3.75. The van der Waals surface area contributed by atoms with E-state index in [-0.39, 0.29) is 5.56 Å². The van der Waals surface area contributed by atoms with Gasteiger partial charge in [0.15, 0.2) is 0 Å². The molecule has 1 rings (SSSR count). The zero-order valence-corrected chi connectivity index (χ0v) is 9.95. The first-order valence-electron chi connectivity index (χ1n) is 5.04. The van der Waals surface area contributed by atoms with Crippen molar-refractivity contribution >= 4 is 17.8 Å². The van der Waals surface area contributed by atoms with Crippen molar-refractivity contribution in [3.63, 3.8) is 0 Å². The summed E-state index contributed by atoms with van der Waals surface area (Å²) in [5, 5.41) is 21.3. The van der Waals surface area contributed by atoms with Gasteiger partial charge >= 0.3 is 11.9 Å². The molecule has 0 aliphatic rings. The minimum absolute atomic E-state index is 0.194. The first kappa shape index (κ1) is 13.7. The fourth-order valence-electron chi connectivity index (χ4n) is 1.51. The number of aromatic nitrogens is 2. The number of hydrogen-bond donors (Lipinski definition) is 2. The van der Waals surface area contributed by atoms with Crippen LogP contribution in [0.25, 0.3) is 0 Å². The summed E-state index contributed by atoms with van der Waals surface area (Å²) < 4.78 is 1.41. The van der Waals surface area contributed by atoms with Crippen LogP contribution in [0.3, 0.4) is 0 Å². The minimum atomic E-state index is -1.27. The number of aryl methyl sites for hydroxylation is 2. The van der Waals surface area contributed by atoms with Crippen molar-refractivity contribution in [1.29, 1.82) is 0 Å². The topological polar surface area (TPSA) is 113 Å². The van der Waals surface area contributed by atoms with Gasteiger partial charge in [0.25, 0.3) is 5.91 Å². The molecule has 0 bridgehead atoms. The molecular weight excluding hydrogens is 242 g/mol. The molecule has 2 N–H and O–H groups in total. The summed E-state index contributed by atoms with van der Waals surface area (Å²) in [4.78, 5) is 34.0. The van der Waals surface area contributed by atoms with Gasteiger partial charge in [0.1, 0.15) is 13.1 Å². The lowest BCUT2D eigenvalue weighted by atomic mass is 10.2. The van der Waals surface area contributed by atoms with Crippen LogP contribution in [0.5, 0.6) is 0 Å². The first-order valence-corrected chi connectivity index (χ1v) is 5.04. The van der Waals surface area contributed by atoms with Gasteiger partial charge in [-0.2, -0.15) is 5.10 Å². The molecule has 98 valence electrons. The Bertz CT molecular complexity index is 478. The van der Waals surface area contributed by atoms with Crippen LogP contribution in [0.1, 0.15) is 16.1 Å². The third kappa shape index (κ3) is 3.30. The number of carbonyl (C=O) groups is 3. The number of rotatable bonds is 5. The molecule has 0 unspecified atom stereocenters. The summed E-state index contributed by atoms with van der Waals surface area (Å²) in [7, 11) is 1.61. The van der Waals surface area contributed by atoms with Crippen molar-refractivity contribution in [3.05, 3.63) is 17.5 Å². The predicted molar refractivity (Wildman–Crippen MR) is 59.1 cm³/mol. The van der Waals surface area contributed by atoms with Crippen LogP contribution < -0.4 is 0 Å². The Hall–Kier alpha value is -2.38. The van der Waals surface area contributed by atoms with Gasteiger partial charge in [0.2, 0.25) is 0 Å². The molecule has 1 aromatic heterocycles.